The van der Waals surface area contributed by atoms with Gasteiger partial charge >= 0.3 is 30.0 Å². The molecule has 0 unspecified atom stereocenters. The summed E-state index contributed by atoms with van der Waals surface area (Å²) in [5, 5.41) is 13.7. The summed E-state index contributed by atoms with van der Waals surface area (Å²) in [4.78, 5) is 76.2. The molecule has 1 heterocycles. The lowest BCUT2D eigenvalue weighted by Crippen LogP contribution is -2.50. The highest BCUT2D eigenvalue weighted by molar-refractivity contribution is 6.39. The number of halogens is 4. The fourth-order valence-electron chi connectivity index (χ4n) is 5.64. The fraction of sp³-hybridized carbons (Fsp3) is 0.200. The quantitative estimate of drug-likeness (QED) is 0.0500. The van der Waals surface area contributed by atoms with Gasteiger partial charge in [-0.25, -0.2) is 4.79 Å². The van der Waals surface area contributed by atoms with Crippen molar-refractivity contribution < 1.29 is 46.6 Å². The number of nitrogens with one attached hydrogen (secondary N) is 5. The molecule has 304 valence electrons. The summed E-state index contributed by atoms with van der Waals surface area (Å²) in [5.41, 5.74) is 1.57. The van der Waals surface area contributed by atoms with Gasteiger partial charge < -0.3 is 36.1 Å². The van der Waals surface area contributed by atoms with Gasteiger partial charge in [-0.1, -0.05) is 66.2 Å². The second-order valence-corrected chi connectivity index (χ2v) is 13.5. The van der Waals surface area contributed by atoms with Gasteiger partial charge in [-0.15, -0.1) is 0 Å². The smallest absolute Gasteiger partial charge is 0.422 e. The van der Waals surface area contributed by atoms with Crippen LogP contribution in [0.15, 0.2) is 103 Å². The summed E-state index contributed by atoms with van der Waals surface area (Å²) in [6.45, 7) is -2.16. The Hall–Kier alpha value is -7.08. The van der Waals surface area contributed by atoms with E-state index in [4.69, 9.17) is 21.1 Å². The number of hydrogen-bond donors (Lipinski definition) is 5. The Kier molecular flexibility index (Phi) is 12.7. The largest absolute Gasteiger partial charge is 0.467 e. The third-order valence-corrected chi connectivity index (χ3v) is 9.02. The summed E-state index contributed by atoms with van der Waals surface area (Å²) in [6, 6.07) is 25.2. The number of rotatable bonds is 15. The predicted octanol–water partition coefficient (Wildman–Crippen LogP) is 5.57. The average molecular weight is 831 g/mol. The van der Waals surface area contributed by atoms with Crippen molar-refractivity contribution in [3.63, 3.8) is 0 Å². The number of ketones is 1. The normalized spacial score (nSPS) is 13.2. The molecule has 1 fully saturated rings. The van der Waals surface area contributed by atoms with Gasteiger partial charge in [0.05, 0.1) is 12.6 Å². The zero-order chi connectivity index (χ0) is 42.2. The summed E-state index contributed by atoms with van der Waals surface area (Å²) in [5.74, 6) is -4.41. The van der Waals surface area contributed by atoms with Gasteiger partial charge in [0.15, 0.2) is 12.4 Å². The maximum Gasteiger partial charge on any atom is 0.422 e. The summed E-state index contributed by atoms with van der Waals surface area (Å²) in [6.07, 6.45) is -3.27. The van der Waals surface area contributed by atoms with Crippen LogP contribution in [0.3, 0.4) is 0 Å². The first-order chi connectivity index (χ1) is 28.2. The Labute approximate surface area is 339 Å². The van der Waals surface area contributed by atoms with Crippen LogP contribution in [0.1, 0.15) is 44.7 Å². The van der Waals surface area contributed by atoms with Crippen LogP contribution in [0, 0.1) is 0 Å². The number of nitrogens with zero attached hydrogens (tertiary/aromatic N) is 3. The number of carbonyl (C=O) groups is 5. The number of anilines is 4. The van der Waals surface area contributed by atoms with Gasteiger partial charge in [-0.05, 0) is 66.9 Å². The lowest BCUT2D eigenvalue weighted by atomic mass is 10.0. The van der Waals surface area contributed by atoms with Crippen LogP contribution < -0.4 is 31.3 Å². The van der Waals surface area contributed by atoms with E-state index in [2.05, 4.69) is 41.5 Å². The van der Waals surface area contributed by atoms with Gasteiger partial charge in [0.25, 0.3) is 5.91 Å². The van der Waals surface area contributed by atoms with Crippen molar-refractivity contribution in [1.82, 2.24) is 25.6 Å². The summed E-state index contributed by atoms with van der Waals surface area (Å²) in [7, 11) is 1.07. The van der Waals surface area contributed by atoms with E-state index in [1.54, 1.807) is 48.5 Å². The van der Waals surface area contributed by atoms with Crippen molar-refractivity contribution in [3.8, 4) is 6.01 Å². The predicted molar refractivity (Wildman–Crippen MR) is 208 cm³/mol. The van der Waals surface area contributed by atoms with E-state index in [1.165, 1.54) is 42.5 Å². The molecule has 15 nitrogen and oxygen atoms in total. The van der Waals surface area contributed by atoms with Crippen LogP contribution in [0.4, 0.5) is 36.4 Å². The molecule has 19 heteroatoms. The van der Waals surface area contributed by atoms with E-state index >= 15 is 0 Å². The molecule has 59 heavy (non-hydrogen) atoms. The molecule has 5 N–H and O–H groups in total. The molecular weight excluding hydrogens is 797 g/mol. The van der Waals surface area contributed by atoms with Crippen molar-refractivity contribution in [2.24, 2.45) is 0 Å². The lowest BCUT2D eigenvalue weighted by molar-refractivity contribution is -0.154. The zero-order valence-electron chi connectivity index (χ0n) is 30.9. The Morgan fingerprint density at radius 3 is 2.12 bits per heavy atom. The van der Waals surface area contributed by atoms with Gasteiger partial charge in [0.2, 0.25) is 11.9 Å². The van der Waals surface area contributed by atoms with Crippen molar-refractivity contribution in [1.29, 1.82) is 0 Å². The number of amides is 3. The third kappa shape index (κ3) is 11.3. The first kappa shape index (κ1) is 41.6. The minimum atomic E-state index is -4.65. The Morgan fingerprint density at radius 1 is 0.780 bits per heavy atom. The van der Waals surface area contributed by atoms with E-state index in [9.17, 15) is 37.1 Å². The van der Waals surface area contributed by atoms with Gasteiger partial charge in [0.1, 0.15) is 6.04 Å². The van der Waals surface area contributed by atoms with E-state index in [0.29, 0.717) is 29.1 Å². The van der Waals surface area contributed by atoms with E-state index in [1.807, 2.05) is 12.1 Å². The number of carbonyl (C=O) groups excluding carboxylic acids is 5. The van der Waals surface area contributed by atoms with Crippen LogP contribution >= 0.6 is 11.6 Å². The molecule has 3 amide bonds. The zero-order valence-corrected chi connectivity index (χ0v) is 31.7. The van der Waals surface area contributed by atoms with Crippen LogP contribution in [0.2, 0.25) is 5.02 Å². The number of aromatic nitrogens is 3. The molecule has 0 saturated heterocycles. The number of ether oxygens (including phenoxy) is 2. The summed E-state index contributed by atoms with van der Waals surface area (Å²) < 4.78 is 48.6. The number of hydrogen-bond acceptors (Lipinski definition) is 12. The monoisotopic (exact) mass is 830 g/mol. The molecule has 1 aliphatic rings. The number of methoxy groups -OCH3 is 1. The number of alkyl halides is 3. The highest BCUT2D eigenvalue weighted by Crippen LogP contribution is 2.48. The highest BCUT2D eigenvalue weighted by atomic mass is 35.5. The molecule has 0 aliphatic heterocycles. The molecule has 1 atom stereocenters. The minimum absolute atomic E-state index is 0.0499. The molecule has 6 rings (SSSR count). The van der Waals surface area contributed by atoms with E-state index in [-0.39, 0.29) is 34.5 Å². The van der Waals surface area contributed by atoms with Crippen LogP contribution in [0.5, 0.6) is 6.01 Å². The van der Waals surface area contributed by atoms with Crippen molar-refractivity contribution in [2.75, 3.05) is 36.2 Å². The van der Waals surface area contributed by atoms with Crippen molar-refractivity contribution in [2.45, 2.75) is 30.6 Å². The molecule has 1 saturated carbocycles. The Morgan fingerprint density at radius 2 is 1.46 bits per heavy atom. The second kappa shape index (κ2) is 18.0. The Balaban J connectivity index is 1.07. The number of esters is 1. The maximum atomic E-state index is 13.2. The second-order valence-electron chi connectivity index (χ2n) is 13.1. The fourth-order valence-corrected chi connectivity index (χ4v) is 5.77. The standard InChI is InChI=1S/C40H34ClF3N8O7/c1-58-35(57)30(21-45-33(55)34(56)46-29-9-5-8-25(20-29)31(53)23-6-3-2-4-7-23)48-32(54)24-10-16-28(17-11-24)47-36-49-37(51-38(50-36)59-22-40(42,43)44)52-39(18-19-39)26-12-14-27(41)15-13-26/h2-17,20,30H,18-19,21-22H2,1H3,(H,45,55)(H,46,56)(H,48,54)(H2,47,49,50,51,52)/t30-/m0/s1. The molecule has 0 radical (unpaired) electrons. The minimum Gasteiger partial charge on any atom is -0.467 e. The summed E-state index contributed by atoms with van der Waals surface area (Å²) >= 11 is 6.03. The van der Waals surface area contributed by atoms with E-state index < -0.39 is 60.6 Å². The van der Waals surface area contributed by atoms with Gasteiger partial charge in [0, 0.05) is 39.6 Å². The molecule has 4 aromatic carbocycles. The number of benzene rings is 4. The van der Waals surface area contributed by atoms with Crippen LogP contribution in [0.25, 0.3) is 0 Å². The maximum absolute atomic E-state index is 13.2. The van der Waals surface area contributed by atoms with Gasteiger partial charge in [-0.2, -0.15) is 28.1 Å². The Bertz CT molecular complexity index is 2350. The molecule has 1 aliphatic carbocycles. The first-order valence-electron chi connectivity index (χ1n) is 17.7. The molecule has 0 bridgehead atoms. The molecule has 0 spiro atoms. The van der Waals surface area contributed by atoms with E-state index in [0.717, 1.165) is 12.7 Å². The highest BCUT2D eigenvalue weighted by Gasteiger charge is 2.45. The average Bonchev–Trinajstić information content (AvgIpc) is 4.01. The van der Waals surface area contributed by atoms with Crippen LogP contribution in [-0.4, -0.2) is 76.9 Å². The third-order valence-electron chi connectivity index (χ3n) is 8.76. The molecular formula is C40H34ClF3N8O7. The molecule has 1 aromatic heterocycles. The lowest BCUT2D eigenvalue weighted by Gasteiger charge is -2.19. The SMILES string of the molecule is COC(=O)[C@H](CNC(=O)C(=O)Nc1cccc(C(=O)c2ccccc2)c1)NC(=O)c1ccc(Nc2nc(NC3(c4ccc(Cl)cc4)CC3)nc(OCC(F)(F)F)n2)cc1. The van der Waals surface area contributed by atoms with Crippen molar-refractivity contribution >= 4 is 64.3 Å². The first-order valence-corrected chi connectivity index (χ1v) is 18.1. The topological polar surface area (TPSA) is 203 Å². The van der Waals surface area contributed by atoms with Crippen LogP contribution in [-0.2, 0) is 24.7 Å². The molecule has 5 aromatic rings. The van der Waals surface area contributed by atoms with Gasteiger partial charge in [-0.3, -0.25) is 19.2 Å². The van der Waals surface area contributed by atoms with Crippen molar-refractivity contribution in [3.05, 3.63) is 130 Å².